The van der Waals surface area contributed by atoms with Crippen LogP contribution in [0, 0.1) is 0 Å². The summed E-state index contributed by atoms with van der Waals surface area (Å²) in [7, 11) is 4.08. The highest BCUT2D eigenvalue weighted by molar-refractivity contribution is 5.83. The summed E-state index contributed by atoms with van der Waals surface area (Å²) < 4.78 is 0. The van der Waals surface area contributed by atoms with Gasteiger partial charge < -0.3 is 15.5 Å². The molecular weight excluding hydrogens is 274 g/mol. The predicted octanol–water partition coefficient (Wildman–Crippen LogP) is 1.98. The molecule has 1 aromatic rings. The molecule has 2 atom stereocenters. The molecule has 0 aliphatic carbocycles. The predicted molar refractivity (Wildman–Crippen MR) is 91.0 cm³/mol. The van der Waals surface area contributed by atoms with Crippen molar-refractivity contribution < 1.29 is 4.79 Å². The molecule has 1 aliphatic rings. The van der Waals surface area contributed by atoms with E-state index in [0.717, 1.165) is 19.4 Å². The number of piperidine rings is 1. The molecule has 1 fully saturated rings. The monoisotopic (exact) mass is 303 g/mol. The zero-order valence-electron chi connectivity index (χ0n) is 14.2. The van der Waals surface area contributed by atoms with E-state index in [2.05, 4.69) is 41.5 Å². The highest BCUT2D eigenvalue weighted by Gasteiger charge is 2.32. The van der Waals surface area contributed by atoms with Gasteiger partial charge in [-0.25, -0.2) is 0 Å². The molecule has 0 bridgehead atoms. The smallest absolute Gasteiger partial charge is 0.237 e. The Morgan fingerprint density at radius 2 is 2.00 bits per heavy atom. The molecule has 4 nitrogen and oxygen atoms in total. The summed E-state index contributed by atoms with van der Waals surface area (Å²) in [5, 5.41) is 6.54. The normalized spacial score (nSPS) is 22.6. The topological polar surface area (TPSA) is 44.4 Å². The summed E-state index contributed by atoms with van der Waals surface area (Å²) in [5.41, 5.74) is 1.20. The van der Waals surface area contributed by atoms with Crippen LogP contribution in [-0.4, -0.2) is 49.6 Å². The fourth-order valence-electron chi connectivity index (χ4n) is 2.79. The van der Waals surface area contributed by atoms with Crippen molar-refractivity contribution in [2.45, 2.75) is 44.2 Å². The number of carbonyl (C=O) groups is 1. The zero-order valence-corrected chi connectivity index (χ0v) is 14.2. The lowest BCUT2D eigenvalue weighted by atomic mass is 9.84. The van der Waals surface area contributed by atoms with Gasteiger partial charge in [0.2, 0.25) is 5.91 Å². The Labute approximate surface area is 134 Å². The van der Waals surface area contributed by atoms with Gasteiger partial charge in [-0.1, -0.05) is 30.3 Å². The van der Waals surface area contributed by atoms with Crippen molar-refractivity contribution in [3.05, 3.63) is 35.9 Å². The van der Waals surface area contributed by atoms with Gasteiger partial charge in [0.25, 0.3) is 0 Å². The summed E-state index contributed by atoms with van der Waals surface area (Å²) in [6.45, 7) is 5.84. The summed E-state index contributed by atoms with van der Waals surface area (Å²) in [6.07, 6.45) is 2.18. The Morgan fingerprint density at radius 1 is 1.32 bits per heavy atom. The Balaban J connectivity index is 2.03. The number of nitrogens with zero attached hydrogens (tertiary/aromatic N) is 1. The largest absolute Gasteiger partial charge is 0.353 e. The quantitative estimate of drug-likeness (QED) is 0.874. The molecule has 2 rings (SSSR count). The number of benzene rings is 1. The molecule has 1 aromatic carbocycles. The maximum absolute atomic E-state index is 12.7. The summed E-state index contributed by atoms with van der Waals surface area (Å²) in [4.78, 5) is 14.8. The van der Waals surface area contributed by atoms with E-state index in [4.69, 9.17) is 0 Å². The number of rotatable bonds is 5. The molecule has 0 saturated carbocycles. The lowest BCUT2D eigenvalue weighted by Crippen LogP contribution is -2.55. The number of hydrogen-bond donors (Lipinski definition) is 2. The third kappa shape index (κ3) is 4.08. The highest BCUT2D eigenvalue weighted by atomic mass is 16.2. The van der Waals surface area contributed by atoms with E-state index < -0.39 is 0 Å². The van der Waals surface area contributed by atoms with Crippen molar-refractivity contribution in [2.75, 3.05) is 27.2 Å². The molecule has 0 aromatic heterocycles. The minimum atomic E-state index is -0.130. The average Bonchev–Trinajstić information content (AvgIpc) is 2.53. The third-order valence-electron chi connectivity index (χ3n) is 4.87. The molecule has 1 saturated heterocycles. The van der Waals surface area contributed by atoms with Gasteiger partial charge in [0.05, 0.1) is 6.04 Å². The second kappa shape index (κ2) is 7.25. The second-order valence-electron chi connectivity index (χ2n) is 7.02. The van der Waals surface area contributed by atoms with Crippen LogP contribution in [0.5, 0.6) is 0 Å². The van der Waals surface area contributed by atoms with Crippen LogP contribution in [0.2, 0.25) is 0 Å². The first-order chi connectivity index (χ1) is 10.4. The van der Waals surface area contributed by atoms with Crippen molar-refractivity contribution >= 4 is 5.91 Å². The molecule has 0 spiro atoms. The first-order valence-corrected chi connectivity index (χ1v) is 8.15. The maximum atomic E-state index is 12.7. The van der Waals surface area contributed by atoms with Gasteiger partial charge in [0, 0.05) is 18.0 Å². The Hall–Kier alpha value is -1.39. The summed E-state index contributed by atoms with van der Waals surface area (Å²) in [5.74, 6) is 0.376. The molecule has 1 amide bonds. The molecule has 4 heteroatoms. The molecule has 122 valence electrons. The molecule has 2 N–H and O–H groups in total. The van der Waals surface area contributed by atoms with E-state index in [0.29, 0.717) is 6.54 Å². The second-order valence-corrected chi connectivity index (χ2v) is 7.02. The SMILES string of the molecule is CN(C)C(C)(C)CNC(=O)C1NCCCC1c1ccccc1. The van der Waals surface area contributed by atoms with Crippen LogP contribution < -0.4 is 10.6 Å². The zero-order chi connectivity index (χ0) is 16.2. The lowest BCUT2D eigenvalue weighted by molar-refractivity contribution is -0.124. The molecule has 22 heavy (non-hydrogen) atoms. The number of amides is 1. The van der Waals surface area contributed by atoms with Crippen LogP contribution in [0.3, 0.4) is 0 Å². The Kier molecular flexibility index (Phi) is 5.59. The minimum Gasteiger partial charge on any atom is -0.353 e. The van der Waals surface area contributed by atoms with Crippen molar-refractivity contribution in [2.24, 2.45) is 0 Å². The van der Waals surface area contributed by atoms with Gasteiger partial charge in [-0.15, -0.1) is 0 Å². The maximum Gasteiger partial charge on any atom is 0.237 e. The van der Waals surface area contributed by atoms with Crippen LogP contribution in [0.4, 0.5) is 0 Å². The molecular formula is C18H29N3O. The molecule has 1 aliphatic heterocycles. The Bertz CT molecular complexity index is 484. The average molecular weight is 303 g/mol. The standard InChI is InChI=1S/C18H29N3O/c1-18(2,21(3)4)13-20-17(22)16-15(11-8-12-19-16)14-9-6-5-7-10-14/h5-7,9-10,15-16,19H,8,11-13H2,1-4H3,(H,20,22). The van der Waals surface area contributed by atoms with Crippen molar-refractivity contribution in [1.29, 1.82) is 0 Å². The van der Waals surface area contributed by atoms with Crippen LogP contribution >= 0.6 is 0 Å². The molecule has 2 unspecified atom stereocenters. The van der Waals surface area contributed by atoms with Crippen LogP contribution in [-0.2, 0) is 4.79 Å². The van der Waals surface area contributed by atoms with Crippen molar-refractivity contribution in [1.82, 2.24) is 15.5 Å². The number of nitrogens with one attached hydrogen (secondary N) is 2. The summed E-state index contributed by atoms with van der Waals surface area (Å²) >= 11 is 0. The fourth-order valence-corrected chi connectivity index (χ4v) is 2.79. The first-order valence-electron chi connectivity index (χ1n) is 8.15. The number of likely N-dealkylation sites (N-methyl/N-ethyl adjacent to an activating group) is 1. The van der Waals surface area contributed by atoms with Gasteiger partial charge in [0.1, 0.15) is 0 Å². The number of hydrogen-bond acceptors (Lipinski definition) is 3. The molecule has 0 radical (unpaired) electrons. The van der Waals surface area contributed by atoms with E-state index in [1.54, 1.807) is 0 Å². The Morgan fingerprint density at radius 3 is 2.64 bits per heavy atom. The van der Waals surface area contributed by atoms with Crippen LogP contribution in [0.1, 0.15) is 38.2 Å². The lowest BCUT2D eigenvalue weighted by Gasteiger charge is -2.35. The van der Waals surface area contributed by atoms with E-state index in [-0.39, 0.29) is 23.4 Å². The van der Waals surface area contributed by atoms with Gasteiger partial charge in [-0.2, -0.15) is 0 Å². The van der Waals surface area contributed by atoms with Gasteiger partial charge >= 0.3 is 0 Å². The van der Waals surface area contributed by atoms with Gasteiger partial charge in [0.15, 0.2) is 0 Å². The van der Waals surface area contributed by atoms with Crippen molar-refractivity contribution in [3.8, 4) is 0 Å². The van der Waals surface area contributed by atoms with Gasteiger partial charge in [-0.05, 0) is 52.9 Å². The highest BCUT2D eigenvalue weighted by Crippen LogP contribution is 2.28. The van der Waals surface area contributed by atoms with Crippen LogP contribution in [0.15, 0.2) is 30.3 Å². The van der Waals surface area contributed by atoms with E-state index in [1.807, 2.05) is 32.3 Å². The van der Waals surface area contributed by atoms with E-state index in [9.17, 15) is 4.79 Å². The third-order valence-corrected chi connectivity index (χ3v) is 4.87. The van der Waals surface area contributed by atoms with Gasteiger partial charge in [-0.3, -0.25) is 4.79 Å². The van der Waals surface area contributed by atoms with E-state index >= 15 is 0 Å². The van der Waals surface area contributed by atoms with Crippen molar-refractivity contribution in [3.63, 3.8) is 0 Å². The van der Waals surface area contributed by atoms with Crippen LogP contribution in [0.25, 0.3) is 0 Å². The minimum absolute atomic E-state index is 0.0490. The number of carbonyl (C=O) groups excluding carboxylic acids is 1. The summed E-state index contributed by atoms with van der Waals surface area (Å²) in [6, 6.07) is 10.2. The van der Waals surface area contributed by atoms with E-state index in [1.165, 1.54) is 5.56 Å². The molecule has 1 heterocycles. The fraction of sp³-hybridized carbons (Fsp3) is 0.611. The first kappa shape index (κ1) is 17.0.